The van der Waals surface area contributed by atoms with Gasteiger partial charge in [-0.2, -0.15) is 0 Å². The summed E-state index contributed by atoms with van der Waals surface area (Å²) in [6.07, 6.45) is 0. The zero-order chi connectivity index (χ0) is 13.7. The van der Waals surface area contributed by atoms with E-state index in [1.165, 1.54) is 6.07 Å². The summed E-state index contributed by atoms with van der Waals surface area (Å²) in [6.45, 7) is 0.857. The lowest BCUT2D eigenvalue weighted by Gasteiger charge is -2.09. The molecular weight excluding hydrogens is 311 g/mol. The number of ether oxygens (including phenoxy) is 2. The first kappa shape index (κ1) is 14.0. The van der Waals surface area contributed by atoms with Gasteiger partial charge in [-0.05, 0) is 39.7 Å². The Labute approximate surface area is 120 Å². The van der Waals surface area contributed by atoms with Crippen molar-refractivity contribution in [1.29, 1.82) is 0 Å². The van der Waals surface area contributed by atoms with E-state index in [2.05, 4.69) is 15.9 Å². The highest BCUT2D eigenvalue weighted by molar-refractivity contribution is 9.10. The standard InChI is InChI=1S/C15H14BrFO2/c1-18-9-11-4-2-6-13(8-11)19-10-12-5-3-7-14(17)15(12)16/h2-8H,9-10H2,1H3. The fourth-order valence-corrected chi connectivity index (χ4v) is 2.09. The second kappa shape index (κ2) is 6.68. The molecule has 2 aromatic rings. The molecule has 0 unspecified atom stereocenters. The van der Waals surface area contributed by atoms with Gasteiger partial charge in [0.2, 0.25) is 0 Å². The van der Waals surface area contributed by atoms with Crippen molar-refractivity contribution in [3.63, 3.8) is 0 Å². The van der Waals surface area contributed by atoms with Crippen molar-refractivity contribution >= 4 is 15.9 Å². The summed E-state index contributed by atoms with van der Waals surface area (Å²) < 4.78 is 24.5. The number of hydrogen-bond donors (Lipinski definition) is 0. The molecule has 0 fully saturated rings. The van der Waals surface area contributed by atoms with Crippen molar-refractivity contribution in [3.8, 4) is 5.75 Å². The molecule has 2 nitrogen and oxygen atoms in total. The molecule has 0 atom stereocenters. The van der Waals surface area contributed by atoms with E-state index >= 15 is 0 Å². The lowest BCUT2D eigenvalue weighted by molar-refractivity contribution is 0.184. The Morgan fingerprint density at radius 1 is 1.11 bits per heavy atom. The van der Waals surface area contributed by atoms with E-state index in [4.69, 9.17) is 9.47 Å². The SMILES string of the molecule is COCc1cccc(OCc2cccc(F)c2Br)c1. The van der Waals surface area contributed by atoms with Crippen LogP contribution in [-0.2, 0) is 18.0 Å². The van der Waals surface area contributed by atoms with E-state index in [0.717, 1.165) is 16.9 Å². The summed E-state index contributed by atoms with van der Waals surface area (Å²) in [7, 11) is 1.65. The van der Waals surface area contributed by atoms with Gasteiger partial charge < -0.3 is 9.47 Å². The molecule has 0 amide bonds. The van der Waals surface area contributed by atoms with Crippen molar-refractivity contribution in [2.45, 2.75) is 13.2 Å². The fourth-order valence-electron chi connectivity index (χ4n) is 1.71. The molecule has 19 heavy (non-hydrogen) atoms. The number of halogens is 2. The predicted octanol–water partition coefficient (Wildman–Crippen LogP) is 4.31. The van der Waals surface area contributed by atoms with Crippen molar-refractivity contribution in [3.05, 3.63) is 63.9 Å². The maximum atomic E-state index is 13.4. The van der Waals surface area contributed by atoms with Crippen LogP contribution in [0, 0.1) is 5.82 Å². The van der Waals surface area contributed by atoms with Gasteiger partial charge >= 0.3 is 0 Å². The number of methoxy groups -OCH3 is 1. The van der Waals surface area contributed by atoms with E-state index in [1.54, 1.807) is 13.2 Å². The van der Waals surface area contributed by atoms with Crippen LogP contribution in [0.5, 0.6) is 5.75 Å². The minimum absolute atomic E-state index is 0.283. The Morgan fingerprint density at radius 2 is 1.89 bits per heavy atom. The van der Waals surface area contributed by atoms with Crippen molar-refractivity contribution in [1.82, 2.24) is 0 Å². The van der Waals surface area contributed by atoms with E-state index in [1.807, 2.05) is 30.3 Å². The number of hydrogen-bond acceptors (Lipinski definition) is 2. The lowest BCUT2D eigenvalue weighted by atomic mass is 10.2. The Bertz CT molecular complexity index is 558. The average molecular weight is 325 g/mol. The molecule has 2 rings (SSSR count). The van der Waals surface area contributed by atoms with Gasteiger partial charge in [-0.1, -0.05) is 24.3 Å². The molecule has 0 aliphatic carbocycles. The molecule has 0 aromatic heterocycles. The maximum Gasteiger partial charge on any atom is 0.137 e. The Kier molecular flexibility index (Phi) is 4.93. The van der Waals surface area contributed by atoms with Crippen LogP contribution in [0.1, 0.15) is 11.1 Å². The Balaban J connectivity index is 2.06. The van der Waals surface area contributed by atoms with Crippen LogP contribution in [0.15, 0.2) is 46.9 Å². The van der Waals surface area contributed by atoms with Crippen LogP contribution in [0.3, 0.4) is 0 Å². The first-order valence-corrected chi connectivity index (χ1v) is 6.63. The summed E-state index contributed by atoms with van der Waals surface area (Å²) in [5, 5.41) is 0. The second-order valence-corrected chi connectivity index (χ2v) is 4.88. The molecule has 0 saturated heterocycles. The molecule has 0 aliphatic heterocycles. The topological polar surface area (TPSA) is 18.5 Å². The smallest absolute Gasteiger partial charge is 0.137 e. The average Bonchev–Trinajstić information content (AvgIpc) is 2.41. The van der Waals surface area contributed by atoms with Crippen molar-refractivity contribution < 1.29 is 13.9 Å². The molecule has 0 heterocycles. The maximum absolute atomic E-state index is 13.4. The summed E-state index contributed by atoms with van der Waals surface area (Å²) in [6, 6.07) is 12.6. The third-order valence-corrected chi connectivity index (χ3v) is 3.52. The zero-order valence-electron chi connectivity index (χ0n) is 10.5. The zero-order valence-corrected chi connectivity index (χ0v) is 12.1. The Hall–Kier alpha value is -1.39. The van der Waals surface area contributed by atoms with E-state index in [9.17, 15) is 4.39 Å². The van der Waals surface area contributed by atoms with E-state index in [-0.39, 0.29) is 5.82 Å². The van der Waals surface area contributed by atoms with E-state index in [0.29, 0.717) is 17.7 Å². The first-order valence-electron chi connectivity index (χ1n) is 5.84. The summed E-state index contributed by atoms with van der Waals surface area (Å²) in [4.78, 5) is 0. The van der Waals surface area contributed by atoms with Crippen LogP contribution in [0.25, 0.3) is 0 Å². The van der Waals surface area contributed by atoms with Gasteiger partial charge in [0.15, 0.2) is 0 Å². The highest BCUT2D eigenvalue weighted by Crippen LogP contribution is 2.22. The molecule has 0 bridgehead atoms. The number of benzene rings is 2. The van der Waals surface area contributed by atoms with Gasteiger partial charge in [0.05, 0.1) is 11.1 Å². The van der Waals surface area contributed by atoms with Crippen LogP contribution >= 0.6 is 15.9 Å². The Morgan fingerprint density at radius 3 is 2.68 bits per heavy atom. The monoisotopic (exact) mass is 324 g/mol. The highest BCUT2D eigenvalue weighted by Gasteiger charge is 2.06. The van der Waals surface area contributed by atoms with Gasteiger partial charge in [-0.3, -0.25) is 0 Å². The molecule has 4 heteroatoms. The quantitative estimate of drug-likeness (QED) is 0.815. The van der Waals surface area contributed by atoms with Gasteiger partial charge in [0.25, 0.3) is 0 Å². The van der Waals surface area contributed by atoms with Crippen molar-refractivity contribution in [2.24, 2.45) is 0 Å². The van der Waals surface area contributed by atoms with Crippen LogP contribution in [0.4, 0.5) is 4.39 Å². The lowest BCUT2D eigenvalue weighted by Crippen LogP contribution is -1.98. The first-order chi connectivity index (χ1) is 9.20. The summed E-state index contributed by atoms with van der Waals surface area (Å²) in [5.74, 6) is 0.458. The third-order valence-electron chi connectivity index (χ3n) is 2.64. The molecule has 0 saturated carbocycles. The molecule has 0 N–H and O–H groups in total. The van der Waals surface area contributed by atoms with Gasteiger partial charge in [-0.15, -0.1) is 0 Å². The van der Waals surface area contributed by atoms with Gasteiger partial charge in [0, 0.05) is 12.7 Å². The molecule has 100 valence electrons. The second-order valence-electron chi connectivity index (χ2n) is 4.08. The number of rotatable bonds is 5. The van der Waals surface area contributed by atoms with Crippen LogP contribution in [-0.4, -0.2) is 7.11 Å². The minimum Gasteiger partial charge on any atom is -0.489 e. The van der Waals surface area contributed by atoms with Gasteiger partial charge in [0.1, 0.15) is 18.2 Å². The molecule has 0 spiro atoms. The molecule has 0 aliphatic rings. The molecule has 0 radical (unpaired) electrons. The van der Waals surface area contributed by atoms with E-state index < -0.39 is 0 Å². The minimum atomic E-state index is -0.283. The predicted molar refractivity (Wildman–Crippen MR) is 75.6 cm³/mol. The summed E-state index contributed by atoms with van der Waals surface area (Å²) >= 11 is 3.22. The highest BCUT2D eigenvalue weighted by atomic mass is 79.9. The van der Waals surface area contributed by atoms with Crippen LogP contribution in [0.2, 0.25) is 0 Å². The molecule has 2 aromatic carbocycles. The molecular formula is C15H14BrFO2. The third kappa shape index (κ3) is 3.78. The van der Waals surface area contributed by atoms with Gasteiger partial charge in [-0.25, -0.2) is 4.39 Å². The normalized spacial score (nSPS) is 10.5. The largest absolute Gasteiger partial charge is 0.489 e. The van der Waals surface area contributed by atoms with Crippen molar-refractivity contribution in [2.75, 3.05) is 7.11 Å². The fraction of sp³-hybridized carbons (Fsp3) is 0.200. The summed E-state index contributed by atoms with van der Waals surface area (Å²) in [5.41, 5.74) is 1.82. The van der Waals surface area contributed by atoms with Crippen LogP contribution < -0.4 is 4.74 Å².